The van der Waals surface area contributed by atoms with Gasteiger partial charge in [-0.2, -0.15) is 0 Å². The van der Waals surface area contributed by atoms with Gasteiger partial charge in [0.1, 0.15) is 17.8 Å². The molecule has 0 unspecified atom stereocenters. The van der Waals surface area contributed by atoms with Crippen LogP contribution in [0, 0.1) is 0 Å². The number of rotatable bonds is 5. The minimum atomic E-state index is -0.915. The van der Waals surface area contributed by atoms with Crippen molar-refractivity contribution in [2.45, 2.75) is 69.7 Å². The summed E-state index contributed by atoms with van der Waals surface area (Å²) >= 11 is 0. The van der Waals surface area contributed by atoms with Crippen molar-refractivity contribution in [1.29, 1.82) is 0 Å². The molecule has 0 radical (unpaired) electrons. The smallest absolute Gasteiger partial charge is 0.247 e. The second-order valence-electron chi connectivity index (χ2n) is 9.55. The number of hydrogen-bond acceptors (Lipinski definition) is 6. The van der Waals surface area contributed by atoms with Gasteiger partial charge in [0.15, 0.2) is 0 Å². The van der Waals surface area contributed by atoms with Gasteiger partial charge in [-0.3, -0.25) is 19.2 Å². The number of nitrogens with zero attached hydrogens (tertiary/aromatic N) is 2. The Hall–Kier alpha value is -3.14. The highest BCUT2D eigenvalue weighted by Crippen LogP contribution is 2.33. The summed E-state index contributed by atoms with van der Waals surface area (Å²) in [7, 11) is 1.66. The summed E-state index contributed by atoms with van der Waals surface area (Å²) in [6, 6.07) is 5.28. The first-order valence-corrected chi connectivity index (χ1v) is 12.4. The van der Waals surface area contributed by atoms with E-state index in [1.54, 1.807) is 23.8 Å². The van der Waals surface area contributed by atoms with E-state index in [0.717, 1.165) is 11.3 Å². The molecule has 2 fully saturated rings. The Balaban J connectivity index is 1.54. The van der Waals surface area contributed by atoms with Crippen LogP contribution in [0.5, 0.6) is 5.75 Å². The topological polar surface area (TPSA) is 120 Å². The number of hydrogen-bond donors (Lipinski definition) is 3. The Kier molecular flexibility index (Phi) is 7.59. The van der Waals surface area contributed by atoms with Gasteiger partial charge in [-0.25, -0.2) is 0 Å². The fourth-order valence-electron chi connectivity index (χ4n) is 5.21. The van der Waals surface area contributed by atoms with E-state index in [-0.39, 0.29) is 42.3 Å². The molecular weight excluding hydrogens is 450 g/mol. The number of para-hydroxylation sites is 1. The minimum absolute atomic E-state index is 0.0846. The Bertz CT molecular complexity index is 985. The number of benzene rings is 1. The van der Waals surface area contributed by atoms with Crippen LogP contribution in [0.2, 0.25) is 0 Å². The fourth-order valence-corrected chi connectivity index (χ4v) is 5.21. The normalized spacial score (nSPS) is 27.0. The lowest BCUT2D eigenvalue weighted by Crippen LogP contribution is -2.62. The van der Waals surface area contributed by atoms with Crippen molar-refractivity contribution in [2.75, 3.05) is 26.7 Å². The number of carbonyl (C=O) groups is 4. The first-order valence-electron chi connectivity index (χ1n) is 12.4. The Labute approximate surface area is 205 Å². The number of nitrogens with one attached hydrogen (secondary N) is 3. The SMILES string of the molecule is CN[C@@H](C)C(=O)N[C@H]1CN(C(C)=O)CC[C@H]2CC[C@@H](C(=O)N[C@@H]3CCOc4ccccc43)N2C1=O. The summed E-state index contributed by atoms with van der Waals surface area (Å²) < 4.78 is 5.71. The van der Waals surface area contributed by atoms with Crippen molar-refractivity contribution in [3.05, 3.63) is 29.8 Å². The largest absolute Gasteiger partial charge is 0.493 e. The second kappa shape index (κ2) is 10.6. The molecule has 0 saturated carbocycles. The van der Waals surface area contributed by atoms with Gasteiger partial charge in [-0.1, -0.05) is 18.2 Å². The summed E-state index contributed by atoms with van der Waals surface area (Å²) in [5.41, 5.74) is 0.934. The monoisotopic (exact) mass is 485 g/mol. The van der Waals surface area contributed by atoms with Crippen LogP contribution in [0.4, 0.5) is 0 Å². The van der Waals surface area contributed by atoms with Crippen LogP contribution in [0.15, 0.2) is 24.3 Å². The van der Waals surface area contributed by atoms with Crippen molar-refractivity contribution >= 4 is 23.6 Å². The maximum atomic E-state index is 13.8. The lowest BCUT2D eigenvalue weighted by Gasteiger charge is -2.39. The molecule has 3 aliphatic rings. The van der Waals surface area contributed by atoms with Crippen LogP contribution in [0.3, 0.4) is 0 Å². The average Bonchev–Trinajstić information content (AvgIpc) is 3.27. The van der Waals surface area contributed by atoms with E-state index in [1.165, 1.54) is 6.92 Å². The highest BCUT2D eigenvalue weighted by atomic mass is 16.5. The maximum absolute atomic E-state index is 13.8. The molecule has 0 aromatic heterocycles. The van der Waals surface area contributed by atoms with E-state index in [1.807, 2.05) is 24.3 Å². The molecule has 10 nitrogen and oxygen atoms in total. The number of likely N-dealkylation sites (N-methyl/N-ethyl adjacent to an activating group) is 1. The van der Waals surface area contributed by atoms with Gasteiger partial charge in [-0.15, -0.1) is 0 Å². The van der Waals surface area contributed by atoms with E-state index in [2.05, 4.69) is 16.0 Å². The summed E-state index contributed by atoms with van der Waals surface area (Å²) in [6.45, 7) is 4.23. The minimum Gasteiger partial charge on any atom is -0.493 e. The molecule has 1 aromatic carbocycles. The van der Waals surface area contributed by atoms with Gasteiger partial charge in [0.25, 0.3) is 0 Å². The molecule has 0 spiro atoms. The van der Waals surface area contributed by atoms with Crippen molar-refractivity contribution in [3.63, 3.8) is 0 Å². The quantitative estimate of drug-likeness (QED) is 0.553. The lowest BCUT2D eigenvalue weighted by molar-refractivity contribution is -0.147. The summed E-state index contributed by atoms with van der Waals surface area (Å²) in [5, 5.41) is 8.81. The summed E-state index contributed by atoms with van der Waals surface area (Å²) in [5.74, 6) is -0.215. The number of amides is 4. The fraction of sp³-hybridized carbons (Fsp3) is 0.600. The van der Waals surface area contributed by atoms with Gasteiger partial charge in [-0.05, 0) is 39.3 Å². The van der Waals surface area contributed by atoms with Crippen LogP contribution in [0.1, 0.15) is 51.1 Å². The molecule has 3 heterocycles. The zero-order valence-corrected chi connectivity index (χ0v) is 20.6. The third-order valence-corrected chi connectivity index (χ3v) is 7.36. The van der Waals surface area contributed by atoms with E-state index >= 15 is 0 Å². The van der Waals surface area contributed by atoms with Crippen LogP contribution >= 0.6 is 0 Å². The van der Waals surface area contributed by atoms with Gasteiger partial charge in [0, 0.05) is 38.0 Å². The van der Waals surface area contributed by atoms with Gasteiger partial charge in [0.2, 0.25) is 23.6 Å². The first kappa shape index (κ1) is 25.0. The zero-order chi connectivity index (χ0) is 25.1. The van der Waals surface area contributed by atoms with Gasteiger partial charge >= 0.3 is 0 Å². The molecule has 0 bridgehead atoms. The van der Waals surface area contributed by atoms with Gasteiger partial charge in [0.05, 0.1) is 18.7 Å². The molecule has 0 aliphatic carbocycles. The van der Waals surface area contributed by atoms with Crippen LogP contribution in [0.25, 0.3) is 0 Å². The number of carbonyl (C=O) groups excluding carboxylic acids is 4. The Morgan fingerprint density at radius 2 is 1.83 bits per heavy atom. The Morgan fingerprint density at radius 3 is 2.57 bits per heavy atom. The Morgan fingerprint density at radius 1 is 1.06 bits per heavy atom. The summed E-state index contributed by atoms with van der Waals surface area (Å²) in [4.78, 5) is 55.3. The molecule has 5 atom stereocenters. The third kappa shape index (κ3) is 5.27. The molecule has 1 aromatic rings. The van der Waals surface area contributed by atoms with Crippen molar-refractivity contribution in [3.8, 4) is 5.75 Å². The average molecular weight is 486 g/mol. The molecule has 4 amide bonds. The molecule has 3 aliphatic heterocycles. The molecule has 4 rings (SSSR count). The van der Waals surface area contributed by atoms with E-state index in [4.69, 9.17) is 4.74 Å². The van der Waals surface area contributed by atoms with Crippen molar-refractivity contribution in [1.82, 2.24) is 25.8 Å². The van der Waals surface area contributed by atoms with Crippen LogP contribution in [-0.4, -0.2) is 84.3 Å². The molecule has 10 heteroatoms. The standard InChI is InChI=1S/C25H35N5O5/c1-15(26-3)23(32)28-20-14-29(16(2)31)12-10-17-8-9-21(30(17)25(20)34)24(33)27-19-11-13-35-22-7-5-4-6-18(19)22/h4-7,15,17,19-21,26H,8-14H2,1-3H3,(H,27,33)(H,28,32)/t15-,17+,19+,20-,21-/m0/s1. The van der Waals surface area contributed by atoms with Crippen LogP contribution in [-0.2, 0) is 19.2 Å². The molecular formula is C25H35N5O5. The van der Waals surface area contributed by atoms with Crippen molar-refractivity contribution < 1.29 is 23.9 Å². The van der Waals surface area contributed by atoms with Gasteiger partial charge < -0.3 is 30.5 Å². The zero-order valence-electron chi connectivity index (χ0n) is 20.6. The van der Waals surface area contributed by atoms with Crippen LogP contribution < -0.4 is 20.7 Å². The lowest BCUT2D eigenvalue weighted by atomic mass is 10.00. The molecule has 190 valence electrons. The van der Waals surface area contributed by atoms with Crippen molar-refractivity contribution in [2.24, 2.45) is 0 Å². The predicted octanol–water partition coefficient (Wildman–Crippen LogP) is 0.331. The highest BCUT2D eigenvalue weighted by molar-refractivity contribution is 5.94. The van der Waals surface area contributed by atoms with E-state index in [9.17, 15) is 19.2 Å². The third-order valence-electron chi connectivity index (χ3n) is 7.36. The number of fused-ring (bicyclic) bond motifs is 2. The predicted molar refractivity (Wildman–Crippen MR) is 128 cm³/mol. The summed E-state index contributed by atoms with van der Waals surface area (Å²) in [6.07, 6.45) is 2.47. The van der Waals surface area contributed by atoms with E-state index in [0.29, 0.717) is 38.8 Å². The number of ether oxygens (including phenoxy) is 1. The molecule has 2 saturated heterocycles. The highest BCUT2D eigenvalue weighted by Gasteiger charge is 2.45. The second-order valence-corrected chi connectivity index (χ2v) is 9.55. The van der Waals surface area contributed by atoms with E-state index < -0.39 is 18.1 Å². The first-order chi connectivity index (χ1) is 16.8. The molecule has 35 heavy (non-hydrogen) atoms. The molecule has 3 N–H and O–H groups in total. The maximum Gasteiger partial charge on any atom is 0.247 e.